The molecule has 0 radical (unpaired) electrons. The third-order valence-electron chi connectivity index (χ3n) is 6.68. The van der Waals surface area contributed by atoms with E-state index in [9.17, 15) is 19.2 Å². The van der Waals surface area contributed by atoms with Crippen molar-refractivity contribution in [3.63, 3.8) is 0 Å². The molecule has 178 valence electrons. The zero-order valence-electron chi connectivity index (χ0n) is 18.5. The normalized spacial score (nSPS) is 23.9. The van der Waals surface area contributed by atoms with Gasteiger partial charge < -0.3 is 4.74 Å². The zero-order valence-corrected chi connectivity index (χ0v) is 21.7. The lowest BCUT2D eigenvalue weighted by Gasteiger charge is -2.29. The lowest BCUT2D eigenvalue weighted by molar-refractivity contribution is -0.122. The first-order chi connectivity index (χ1) is 16.8. The van der Waals surface area contributed by atoms with Gasteiger partial charge in [0.05, 0.1) is 23.1 Å². The van der Waals surface area contributed by atoms with Crippen LogP contribution in [0.3, 0.4) is 0 Å². The van der Waals surface area contributed by atoms with Crippen LogP contribution in [0.5, 0.6) is 0 Å². The molecule has 5 rings (SSSR count). The molecule has 3 aromatic rings. The molecule has 0 spiro atoms. The van der Waals surface area contributed by atoms with Crippen molar-refractivity contribution in [2.45, 2.75) is 22.5 Å². The summed E-state index contributed by atoms with van der Waals surface area (Å²) >= 11 is 7.17. The van der Waals surface area contributed by atoms with Crippen LogP contribution < -0.4 is 4.90 Å². The summed E-state index contributed by atoms with van der Waals surface area (Å²) in [7, 11) is 0. The van der Waals surface area contributed by atoms with Gasteiger partial charge in [-0.05, 0) is 53.9 Å². The first-order valence-corrected chi connectivity index (χ1v) is 13.1. The molecule has 1 saturated carbocycles. The van der Waals surface area contributed by atoms with E-state index in [1.807, 2.05) is 30.3 Å². The average molecular weight is 599 g/mol. The van der Waals surface area contributed by atoms with E-state index >= 15 is 0 Å². The maximum Gasteiger partial charge on any atom is 0.338 e. The highest BCUT2D eigenvalue weighted by Crippen LogP contribution is 2.44. The molecule has 2 amide bonds. The number of rotatable bonds is 5. The van der Waals surface area contributed by atoms with Crippen LogP contribution in [0.2, 0.25) is 0 Å². The fraction of sp³-hybridized carbons (Fsp3) is 0.259. The number of Topliss-reactive ketones (excluding diaryl/α,β-unsaturated/α-hetero) is 1. The van der Waals surface area contributed by atoms with Crippen molar-refractivity contribution in [2.75, 3.05) is 11.5 Å². The molecule has 2 aliphatic rings. The van der Waals surface area contributed by atoms with Crippen LogP contribution in [-0.4, -0.2) is 39.8 Å². The van der Waals surface area contributed by atoms with Crippen LogP contribution in [-0.2, 0) is 14.3 Å². The van der Waals surface area contributed by atoms with Crippen molar-refractivity contribution in [1.29, 1.82) is 0 Å². The van der Waals surface area contributed by atoms with Crippen LogP contribution in [0.4, 0.5) is 5.69 Å². The maximum absolute atomic E-state index is 13.0. The Balaban J connectivity index is 1.24. The Morgan fingerprint density at radius 1 is 0.800 bits per heavy atom. The molecule has 3 aromatic carbocycles. The molecule has 8 heteroatoms. The van der Waals surface area contributed by atoms with Crippen molar-refractivity contribution in [1.82, 2.24) is 0 Å². The number of fused-ring (bicyclic) bond motifs is 2. The number of carbonyl (C=O) groups is 4. The minimum atomic E-state index is -0.650. The van der Waals surface area contributed by atoms with E-state index in [0.29, 0.717) is 24.1 Å². The Morgan fingerprint density at radius 3 is 2.00 bits per heavy atom. The molecule has 0 unspecified atom stereocenters. The Morgan fingerprint density at radius 2 is 1.37 bits per heavy atom. The van der Waals surface area contributed by atoms with Crippen molar-refractivity contribution in [2.24, 2.45) is 11.8 Å². The SMILES string of the molecule is O=C(COC(=O)c1ccc(N2C(=O)[C@@H]3C[C@@H](Br)[C@@H](Br)C[C@H]3C2=O)cc1)c1ccc2ccccc2c1. The molecule has 1 aliphatic carbocycles. The Labute approximate surface area is 218 Å². The molecule has 2 fully saturated rings. The minimum absolute atomic E-state index is 0.134. The van der Waals surface area contributed by atoms with Crippen LogP contribution in [0.1, 0.15) is 33.6 Å². The summed E-state index contributed by atoms with van der Waals surface area (Å²) in [6.45, 7) is -0.382. The highest BCUT2D eigenvalue weighted by Gasteiger charge is 2.52. The molecular weight excluding hydrogens is 578 g/mol. The van der Waals surface area contributed by atoms with Crippen LogP contribution in [0, 0.1) is 11.8 Å². The Bertz CT molecular complexity index is 1310. The number of benzene rings is 3. The van der Waals surface area contributed by atoms with E-state index in [-0.39, 0.29) is 51.3 Å². The molecule has 4 atom stereocenters. The van der Waals surface area contributed by atoms with Gasteiger partial charge in [-0.3, -0.25) is 19.3 Å². The number of hydrogen-bond acceptors (Lipinski definition) is 5. The lowest BCUT2D eigenvalue weighted by Crippen LogP contribution is -2.34. The van der Waals surface area contributed by atoms with E-state index in [1.54, 1.807) is 24.3 Å². The van der Waals surface area contributed by atoms with E-state index in [4.69, 9.17) is 4.74 Å². The number of esters is 1. The molecule has 1 heterocycles. The lowest BCUT2D eigenvalue weighted by atomic mass is 9.81. The Kier molecular flexibility index (Phi) is 6.59. The van der Waals surface area contributed by atoms with Gasteiger partial charge in [0, 0.05) is 15.2 Å². The smallest absolute Gasteiger partial charge is 0.338 e. The second kappa shape index (κ2) is 9.66. The largest absolute Gasteiger partial charge is 0.454 e. The topological polar surface area (TPSA) is 80.8 Å². The second-order valence-electron chi connectivity index (χ2n) is 8.84. The van der Waals surface area contributed by atoms with Crippen LogP contribution in [0.25, 0.3) is 10.8 Å². The van der Waals surface area contributed by atoms with E-state index in [2.05, 4.69) is 31.9 Å². The molecular formula is C27H21Br2NO5. The third kappa shape index (κ3) is 4.57. The summed E-state index contributed by atoms with van der Waals surface area (Å²) in [5.41, 5.74) is 1.13. The fourth-order valence-electron chi connectivity index (χ4n) is 4.76. The van der Waals surface area contributed by atoms with Gasteiger partial charge in [-0.1, -0.05) is 68.3 Å². The number of carbonyl (C=O) groups excluding carboxylic acids is 4. The number of nitrogens with zero attached hydrogens (tertiary/aromatic N) is 1. The van der Waals surface area contributed by atoms with Gasteiger partial charge in [-0.15, -0.1) is 0 Å². The van der Waals surface area contributed by atoms with E-state index in [0.717, 1.165) is 10.8 Å². The van der Waals surface area contributed by atoms with Gasteiger partial charge in [0.1, 0.15) is 0 Å². The minimum Gasteiger partial charge on any atom is -0.454 e. The predicted octanol–water partition coefficient (Wildman–Crippen LogP) is 5.31. The fourth-order valence-corrected chi connectivity index (χ4v) is 5.99. The maximum atomic E-state index is 13.0. The number of halogens is 2. The Hall–Kier alpha value is -2.84. The number of anilines is 1. The van der Waals surface area contributed by atoms with E-state index in [1.165, 1.54) is 17.0 Å². The summed E-state index contributed by atoms with van der Waals surface area (Å²) in [6, 6.07) is 19.2. The standard InChI is InChI=1S/C27H21Br2NO5/c28-22-12-20-21(13-23(22)29)26(33)30(25(20)32)19-9-7-16(8-10-19)27(34)35-14-24(31)18-6-5-15-3-1-2-4-17(15)11-18/h1-11,20-23H,12-14H2/t20-,21-,22-,23+/m1/s1. The first kappa shape index (κ1) is 23.9. The van der Waals surface area contributed by atoms with Crippen molar-refractivity contribution >= 4 is 71.9 Å². The van der Waals surface area contributed by atoms with Gasteiger partial charge >= 0.3 is 5.97 Å². The summed E-state index contributed by atoms with van der Waals surface area (Å²) in [6.07, 6.45) is 1.19. The average Bonchev–Trinajstić information content (AvgIpc) is 3.11. The number of ketones is 1. The molecule has 1 saturated heterocycles. The number of alkyl halides is 2. The van der Waals surface area contributed by atoms with Crippen molar-refractivity contribution in [3.05, 3.63) is 77.9 Å². The highest BCUT2D eigenvalue weighted by molar-refractivity contribution is 9.12. The quantitative estimate of drug-likeness (QED) is 0.172. The zero-order chi connectivity index (χ0) is 24.7. The molecule has 0 aromatic heterocycles. The van der Waals surface area contributed by atoms with Crippen LogP contribution >= 0.6 is 31.9 Å². The van der Waals surface area contributed by atoms with Crippen LogP contribution in [0.15, 0.2) is 66.7 Å². The first-order valence-electron chi connectivity index (χ1n) is 11.3. The van der Waals surface area contributed by atoms with Crippen molar-refractivity contribution < 1.29 is 23.9 Å². The monoisotopic (exact) mass is 597 g/mol. The highest BCUT2D eigenvalue weighted by atomic mass is 79.9. The summed E-state index contributed by atoms with van der Waals surface area (Å²) in [5.74, 6) is -2.05. The van der Waals surface area contributed by atoms with Gasteiger partial charge in [-0.25, -0.2) is 4.79 Å². The number of ether oxygens (including phenoxy) is 1. The number of hydrogen-bond donors (Lipinski definition) is 0. The van der Waals surface area contributed by atoms with Gasteiger partial charge in [0.25, 0.3) is 0 Å². The molecule has 6 nitrogen and oxygen atoms in total. The van der Waals surface area contributed by atoms with Gasteiger partial charge in [0.15, 0.2) is 12.4 Å². The molecule has 35 heavy (non-hydrogen) atoms. The predicted molar refractivity (Wildman–Crippen MR) is 139 cm³/mol. The van der Waals surface area contributed by atoms with Gasteiger partial charge in [0.2, 0.25) is 11.8 Å². The third-order valence-corrected chi connectivity index (χ3v) is 9.41. The molecule has 0 bridgehead atoms. The summed E-state index contributed by atoms with van der Waals surface area (Å²) < 4.78 is 5.22. The molecule has 0 N–H and O–H groups in total. The summed E-state index contributed by atoms with van der Waals surface area (Å²) in [4.78, 5) is 52.4. The van der Waals surface area contributed by atoms with Gasteiger partial charge in [-0.2, -0.15) is 0 Å². The summed E-state index contributed by atoms with van der Waals surface area (Å²) in [5, 5.41) is 1.96. The number of amides is 2. The van der Waals surface area contributed by atoms with E-state index < -0.39 is 5.97 Å². The molecule has 1 aliphatic heterocycles. The second-order valence-corrected chi connectivity index (χ2v) is 11.2. The number of imide groups is 1. The van der Waals surface area contributed by atoms with Crippen molar-refractivity contribution in [3.8, 4) is 0 Å².